The maximum absolute atomic E-state index is 11.6. The van der Waals surface area contributed by atoms with Crippen LogP contribution in [0.2, 0.25) is 0 Å². The van der Waals surface area contributed by atoms with Gasteiger partial charge in [-0.2, -0.15) is 0 Å². The molecule has 0 radical (unpaired) electrons. The molecule has 1 aromatic carbocycles. The summed E-state index contributed by atoms with van der Waals surface area (Å²) in [6, 6.07) is 10.5. The zero-order valence-corrected chi connectivity index (χ0v) is 11.6. The van der Waals surface area contributed by atoms with Crippen molar-refractivity contribution in [1.29, 1.82) is 0 Å². The molecule has 0 saturated carbocycles. The largest absolute Gasteiger partial charge is 0.291 e. The van der Waals surface area contributed by atoms with Crippen LogP contribution in [0, 0.1) is 0 Å². The average Bonchev–Trinajstić information content (AvgIpc) is 2.71. The molecule has 1 saturated heterocycles. The maximum Gasteiger partial charge on any atom is 0.239 e. The molecule has 4 heteroatoms. The van der Waals surface area contributed by atoms with Crippen molar-refractivity contribution >= 4 is 22.8 Å². The Morgan fingerprint density at radius 3 is 2.78 bits per heavy atom. The lowest BCUT2D eigenvalue weighted by Gasteiger charge is -2.15. The summed E-state index contributed by atoms with van der Waals surface area (Å²) < 4.78 is 0. The monoisotopic (exact) mass is 262 g/mol. The SMILES string of the molecule is CCN1C(=O)CSC1=NC(C)Cc1ccccc1. The highest BCUT2D eigenvalue weighted by atomic mass is 32.2. The van der Waals surface area contributed by atoms with Gasteiger partial charge in [0.25, 0.3) is 0 Å². The molecule has 1 heterocycles. The van der Waals surface area contributed by atoms with Crippen LogP contribution in [-0.2, 0) is 11.2 Å². The summed E-state index contributed by atoms with van der Waals surface area (Å²) in [6.45, 7) is 4.79. The molecule has 0 aromatic heterocycles. The first-order valence-electron chi connectivity index (χ1n) is 6.25. The van der Waals surface area contributed by atoms with E-state index in [9.17, 15) is 4.79 Å². The van der Waals surface area contributed by atoms with Crippen LogP contribution in [0.15, 0.2) is 35.3 Å². The molecular formula is C14H18N2OS. The minimum absolute atomic E-state index is 0.174. The molecule has 0 bridgehead atoms. The van der Waals surface area contributed by atoms with Gasteiger partial charge in [0.05, 0.1) is 11.8 Å². The van der Waals surface area contributed by atoms with Crippen LogP contribution >= 0.6 is 11.8 Å². The quantitative estimate of drug-likeness (QED) is 0.835. The van der Waals surface area contributed by atoms with E-state index in [-0.39, 0.29) is 11.9 Å². The molecule has 0 aliphatic carbocycles. The molecule has 1 amide bonds. The zero-order valence-electron chi connectivity index (χ0n) is 10.8. The van der Waals surface area contributed by atoms with Crippen LogP contribution in [0.4, 0.5) is 0 Å². The number of rotatable bonds is 4. The van der Waals surface area contributed by atoms with Gasteiger partial charge in [0.2, 0.25) is 5.91 Å². The lowest BCUT2D eigenvalue weighted by molar-refractivity contribution is -0.123. The fourth-order valence-electron chi connectivity index (χ4n) is 2.00. The summed E-state index contributed by atoms with van der Waals surface area (Å²) in [6.07, 6.45) is 0.913. The minimum atomic E-state index is 0.174. The molecule has 1 aliphatic heterocycles. The fraction of sp³-hybridized carbons (Fsp3) is 0.429. The van der Waals surface area contributed by atoms with Crippen molar-refractivity contribution in [1.82, 2.24) is 4.90 Å². The van der Waals surface area contributed by atoms with Gasteiger partial charge in [0, 0.05) is 6.54 Å². The van der Waals surface area contributed by atoms with Crippen molar-refractivity contribution in [2.75, 3.05) is 12.3 Å². The van der Waals surface area contributed by atoms with E-state index in [4.69, 9.17) is 0 Å². The molecule has 1 fully saturated rings. The number of benzene rings is 1. The van der Waals surface area contributed by atoms with Crippen molar-refractivity contribution in [2.24, 2.45) is 4.99 Å². The van der Waals surface area contributed by atoms with Gasteiger partial charge >= 0.3 is 0 Å². The van der Waals surface area contributed by atoms with E-state index in [0.29, 0.717) is 12.3 Å². The number of hydrogen-bond acceptors (Lipinski definition) is 3. The predicted molar refractivity (Wildman–Crippen MR) is 76.9 cm³/mol. The van der Waals surface area contributed by atoms with Crippen LogP contribution in [-0.4, -0.2) is 34.3 Å². The van der Waals surface area contributed by atoms with Crippen LogP contribution in [0.1, 0.15) is 19.4 Å². The van der Waals surface area contributed by atoms with Gasteiger partial charge in [-0.1, -0.05) is 42.1 Å². The minimum Gasteiger partial charge on any atom is -0.291 e. The van der Waals surface area contributed by atoms with Crippen molar-refractivity contribution in [2.45, 2.75) is 26.3 Å². The Hall–Kier alpha value is -1.29. The van der Waals surface area contributed by atoms with E-state index in [1.54, 1.807) is 16.7 Å². The highest BCUT2D eigenvalue weighted by Gasteiger charge is 2.26. The van der Waals surface area contributed by atoms with E-state index < -0.39 is 0 Å². The number of carbonyl (C=O) groups is 1. The molecule has 2 rings (SSSR count). The van der Waals surface area contributed by atoms with Crippen molar-refractivity contribution in [3.05, 3.63) is 35.9 Å². The Morgan fingerprint density at radius 1 is 1.39 bits per heavy atom. The first-order chi connectivity index (χ1) is 8.70. The molecule has 1 aliphatic rings. The number of amides is 1. The molecule has 0 N–H and O–H groups in total. The summed E-state index contributed by atoms with van der Waals surface area (Å²) in [5, 5.41) is 0.880. The standard InChI is InChI=1S/C14H18N2OS/c1-3-16-13(17)10-18-14(16)15-11(2)9-12-7-5-4-6-8-12/h4-8,11H,3,9-10H2,1-2H3. The predicted octanol–water partition coefficient (Wildman–Crippen LogP) is 2.57. The van der Waals surface area contributed by atoms with Crippen molar-refractivity contribution in [3.8, 4) is 0 Å². The molecule has 96 valence electrons. The third-order valence-corrected chi connectivity index (χ3v) is 3.85. The van der Waals surface area contributed by atoms with Gasteiger partial charge in [-0.3, -0.25) is 14.7 Å². The van der Waals surface area contributed by atoms with E-state index in [1.165, 1.54) is 5.56 Å². The maximum atomic E-state index is 11.6. The highest BCUT2D eigenvalue weighted by Crippen LogP contribution is 2.20. The topological polar surface area (TPSA) is 32.7 Å². The van der Waals surface area contributed by atoms with Gasteiger partial charge in [-0.25, -0.2) is 0 Å². The van der Waals surface area contributed by atoms with Crippen molar-refractivity contribution < 1.29 is 4.79 Å². The molecule has 3 nitrogen and oxygen atoms in total. The third kappa shape index (κ3) is 3.13. The molecule has 0 spiro atoms. The normalized spacial score (nSPS) is 19.6. The second kappa shape index (κ2) is 6.05. The summed E-state index contributed by atoms with van der Waals surface area (Å²) in [5.74, 6) is 0.707. The molecule has 18 heavy (non-hydrogen) atoms. The van der Waals surface area contributed by atoms with E-state index in [0.717, 1.165) is 11.6 Å². The number of hydrogen-bond donors (Lipinski definition) is 0. The summed E-state index contributed by atoms with van der Waals surface area (Å²) >= 11 is 1.55. The second-order valence-corrected chi connectivity index (χ2v) is 5.32. The summed E-state index contributed by atoms with van der Waals surface area (Å²) in [7, 11) is 0. The third-order valence-electron chi connectivity index (χ3n) is 2.88. The number of amidine groups is 1. The van der Waals surface area contributed by atoms with Crippen LogP contribution in [0.5, 0.6) is 0 Å². The Kier molecular flexibility index (Phi) is 4.42. The molecular weight excluding hydrogens is 244 g/mol. The Morgan fingerprint density at radius 2 is 2.11 bits per heavy atom. The van der Waals surface area contributed by atoms with E-state index in [1.807, 2.05) is 25.1 Å². The lowest BCUT2D eigenvalue weighted by Crippen LogP contribution is -2.30. The summed E-state index contributed by atoms with van der Waals surface area (Å²) in [4.78, 5) is 18.0. The smallest absolute Gasteiger partial charge is 0.239 e. The second-order valence-electron chi connectivity index (χ2n) is 4.38. The Labute approximate surface area is 112 Å². The molecule has 1 aromatic rings. The van der Waals surface area contributed by atoms with Crippen LogP contribution in [0.25, 0.3) is 0 Å². The molecule has 1 unspecified atom stereocenters. The van der Waals surface area contributed by atoms with Crippen molar-refractivity contribution in [3.63, 3.8) is 0 Å². The van der Waals surface area contributed by atoms with Crippen LogP contribution in [0.3, 0.4) is 0 Å². The van der Waals surface area contributed by atoms with Gasteiger partial charge in [-0.15, -0.1) is 0 Å². The fourth-order valence-corrected chi connectivity index (χ4v) is 3.05. The van der Waals surface area contributed by atoms with E-state index in [2.05, 4.69) is 24.0 Å². The number of aliphatic imine (C=N–C) groups is 1. The van der Waals surface area contributed by atoms with E-state index >= 15 is 0 Å². The summed E-state index contributed by atoms with van der Waals surface area (Å²) in [5.41, 5.74) is 1.28. The number of carbonyl (C=O) groups excluding carboxylic acids is 1. The van der Waals surface area contributed by atoms with Crippen LogP contribution < -0.4 is 0 Å². The van der Waals surface area contributed by atoms with Gasteiger partial charge < -0.3 is 0 Å². The Balaban J connectivity index is 2.02. The number of nitrogens with zero attached hydrogens (tertiary/aromatic N) is 2. The lowest BCUT2D eigenvalue weighted by atomic mass is 10.1. The highest BCUT2D eigenvalue weighted by molar-refractivity contribution is 8.15. The van der Waals surface area contributed by atoms with Gasteiger partial charge in [0.1, 0.15) is 0 Å². The Bertz CT molecular complexity index is 444. The molecule has 1 atom stereocenters. The first-order valence-corrected chi connectivity index (χ1v) is 7.24. The first kappa shape index (κ1) is 13.1. The number of thioether (sulfide) groups is 1. The van der Waals surface area contributed by atoms with Gasteiger partial charge in [0.15, 0.2) is 5.17 Å². The van der Waals surface area contributed by atoms with Gasteiger partial charge in [-0.05, 0) is 25.8 Å². The average molecular weight is 262 g/mol. The zero-order chi connectivity index (χ0) is 13.0.